The monoisotopic (exact) mass is 477 g/mol. The highest BCUT2D eigenvalue weighted by Crippen LogP contribution is 2.44. The van der Waals surface area contributed by atoms with Crippen LogP contribution < -0.4 is 10.7 Å². The quantitative estimate of drug-likeness (QED) is 0.588. The van der Waals surface area contributed by atoms with E-state index in [-0.39, 0.29) is 31.4 Å². The summed E-state index contributed by atoms with van der Waals surface area (Å²) in [5.74, 6) is -2.79. The summed E-state index contributed by atoms with van der Waals surface area (Å²) in [4.78, 5) is 48.7. The van der Waals surface area contributed by atoms with Crippen LogP contribution in [0.4, 0.5) is 4.79 Å². The summed E-state index contributed by atoms with van der Waals surface area (Å²) < 4.78 is 5.58. The van der Waals surface area contributed by atoms with Crippen molar-refractivity contribution in [1.82, 2.24) is 15.8 Å². The predicted octanol–water partition coefficient (Wildman–Crippen LogP) is 2.66. The Bertz CT molecular complexity index is 1140. The molecule has 0 radical (unpaired) electrons. The normalized spacial score (nSPS) is 22.9. The minimum Gasteiger partial charge on any atom is -0.480 e. The highest BCUT2D eigenvalue weighted by Gasteiger charge is 2.44. The lowest BCUT2D eigenvalue weighted by Crippen LogP contribution is -2.50. The molecule has 0 bridgehead atoms. The lowest BCUT2D eigenvalue weighted by atomic mass is 9.94. The fraction of sp³-hybridized carbons (Fsp3) is 0.385. The number of carbonyl (C=O) groups excluding carboxylic acids is 3. The number of carbonyl (C=O) groups is 4. The molecular weight excluding hydrogens is 450 g/mol. The first-order valence-electron chi connectivity index (χ1n) is 11.9. The molecule has 0 aromatic heterocycles. The van der Waals surface area contributed by atoms with Gasteiger partial charge in [-0.05, 0) is 41.0 Å². The van der Waals surface area contributed by atoms with Crippen LogP contribution in [0.1, 0.15) is 42.7 Å². The minimum absolute atomic E-state index is 0.0410. The van der Waals surface area contributed by atoms with Crippen molar-refractivity contribution in [3.63, 3.8) is 0 Å². The summed E-state index contributed by atoms with van der Waals surface area (Å²) in [6.07, 6.45) is 1.28. The Morgan fingerprint density at radius 1 is 1.03 bits per heavy atom. The fourth-order valence-electron chi connectivity index (χ4n) is 5.58. The van der Waals surface area contributed by atoms with Crippen molar-refractivity contribution >= 4 is 23.9 Å². The average molecular weight is 478 g/mol. The molecule has 3 aliphatic rings. The number of benzene rings is 2. The van der Waals surface area contributed by atoms with Crippen molar-refractivity contribution < 1.29 is 29.0 Å². The number of alkyl carbamates (subject to hydrolysis) is 1. The van der Waals surface area contributed by atoms with Crippen LogP contribution in [0.25, 0.3) is 11.1 Å². The Morgan fingerprint density at radius 2 is 1.69 bits per heavy atom. The number of carboxylic acids is 1. The van der Waals surface area contributed by atoms with Crippen molar-refractivity contribution in [2.24, 2.45) is 11.8 Å². The molecule has 3 N–H and O–H groups in total. The number of hydrogen-bond acceptors (Lipinski definition) is 5. The number of hydrazine groups is 1. The van der Waals surface area contributed by atoms with Crippen LogP contribution >= 0.6 is 0 Å². The Labute approximate surface area is 202 Å². The Kier molecular flexibility index (Phi) is 6.15. The number of amides is 3. The van der Waals surface area contributed by atoms with E-state index >= 15 is 0 Å². The first-order chi connectivity index (χ1) is 16.9. The second kappa shape index (κ2) is 9.40. The number of rotatable bonds is 6. The van der Waals surface area contributed by atoms with Gasteiger partial charge in [-0.25, -0.2) is 14.6 Å². The Morgan fingerprint density at radius 3 is 2.34 bits per heavy atom. The van der Waals surface area contributed by atoms with Crippen LogP contribution in [0.15, 0.2) is 48.5 Å². The van der Waals surface area contributed by atoms with Crippen molar-refractivity contribution in [1.29, 1.82) is 0 Å². The van der Waals surface area contributed by atoms with Crippen LogP contribution in [0.5, 0.6) is 0 Å². The van der Waals surface area contributed by atoms with Crippen molar-refractivity contribution in [2.45, 2.75) is 37.6 Å². The van der Waals surface area contributed by atoms with E-state index in [4.69, 9.17) is 4.74 Å². The number of ether oxygens (including phenoxy) is 1. The molecule has 5 rings (SSSR count). The average Bonchev–Trinajstić information content (AvgIpc) is 3.57. The molecule has 9 heteroatoms. The molecule has 35 heavy (non-hydrogen) atoms. The number of aliphatic carboxylic acids is 1. The van der Waals surface area contributed by atoms with E-state index in [1.54, 1.807) is 0 Å². The second-order valence-electron chi connectivity index (χ2n) is 9.31. The molecule has 3 amide bonds. The topological polar surface area (TPSA) is 125 Å². The SMILES string of the molecule is O=C1CC(C(=O)O)N(C(=O)[C@@H]2CCC[C@@H]2CNC(=O)OCC2c3ccccc3-c3ccccc32)N1. The molecule has 3 atom stereocenters. The summed E-state index contributed by atoms with van der Waals surface area (Å²) in [7, 11) is 0. The third-order valence-corrected chi connectivity index (χ3v) is 7.29. The third-order valence-electron chi connectivity index (χ3n) is 7.29. The van der Waals surface area contributed by atoms with Crippen LogP contribution in [0, 0.1) is 11.8 Å². The second-order valence-corrected chi connectivity index (χ2v) is 9.31. The minimum atomic E-state index is -1.22. The van der Waals surface area contributed by atoms with Gasteiger partial charge in [0.15, 0.2) is 6.04 Å². The first-order valence-corrected chi connectivity index (χ1v) is 11.9. The van der Waals surface area contributed by atoms with Gasteiger partial charge in [-0.2, -0.15) is 0 Å². The molecular formula is C26H27N3O6. The molecule has 1 saturated heterocycles. The molecule has 2 aromatic carbocycles. The van der Waals surface area contributed by atoms with Gasteiger partial charge in [0, 0.05) is 18.4 Å². The predicted molar refractivity (Wildman–Crippen MR) is 125 cm³/mol. The Hall–Kier alpha value is -3.88. The van der Waals surface area contributed by atoms with Crippen molar-refractivity contribution in [3.8, 4) is 11.1 Å². The lowest BCUT2D eigenvalue weighted by molar-refractivity contribution is -0.153. The van der Waals surface area contributed by atoms with Gasteiger partial charge in [0.25, 0.3) is 0 Å². The zero-order valence-corrected chi connectivity index (χ0v) is 19.1. The van der Waals surface area contributed by atoms with Gasteiger partial charge in [0.2, 0.25) is 11.8 Å². The third kappa shape index (κ3) is 4.34. The van der Waals surface area contributed by atoms with Crippen LogP contribution in [0.3, 0.4) is 0 Å². The fourth-order valence-corrected chi connectivity index (χ4v) is 5.58. The smallest absolute Gasteiger partial charge is 0.407 e. The molecule has 1 unspecified atom stereocenters. The van der Waals surface area contributed by atoms with E-state index in [0.29, 0.717) is 6.42 Å². The standard InChI is InChI=1S/C26H27N3O6/c30-23-12-22(25(32)33)29(28-23)24(31)16-11-5-6-15(16)13-27-26(34)35-14-21-19-9-3-1-7-17(19)18-8-2-4-10-20(18)21/h1-4,7-10,15-16,21-22H,5-6,11-14H2,(H,27,34)(H,28,30)(H,32,33)/t15-,16-,22?/m1/s1. The summed E-state index contributed by atoms with van der Waals surface area (Å²) in [5, 5.41) is 13.1. The summed E-state index contributed by atoms with van der Waals surface area (Å²) in [6, 6.07) is 15.0. The highest BCUT2D eigenvalue weighted by atomic mass is 16.5. The molecule has 1 aliphatic heterocycles. The summed E-state index contributed by atoms with van der Waals surface area (Å²) in [6.45, 7) is 0.444. The van der Waals surface area contributed by atoms with Crippen LogP contribution in [-0.4, -0.2) is 53.2 Å². The van der Waals surface area contributed by atoms with E-state index < -0.39 is 35.8 Å². The maximum atomic E-state index is 13.0. The van der Waals surface area contributed by atoms with Gasteiger partial charge in [-0.1, -0.05) is 55.0 Å². The van der Waals surface area contributed by atoms with Gasteiger partial charge in [-0.15, -0.1) is 0 Å². The van der Waals surface area contributed by atoms with Gasteiger partial charge >= 0.3 is 12.1 Å². The largest absolute Gasteiger partial charge is 0.480 e. The molecule has 1 heterocycles. The van der Waals surface area contributed by atoms with E-state index in [9.17, 15) is 24.3 Å². The zero-order chi connectivity index (χ0) is 24.5. The number of carboxylic acid groups (broad SMARTS) is 1. The van der Waals surface area contributed by atoms with Gasteiger partial charge < -0.3 is 15.2 Å². The summed E-state index contributed by atoms with van der Waals surface area (Å²) in [5.41, 5.74) is 6.93. The number of nitrogens with one attached hydrogen (secondary N) is 2. The number of nitrogens with zero attached hydrogens (tertiary/aromatic N) is 1. The van der Waals surface area contributed by atoms with Gasteiger partial charge in [0.05, 0.1) is 6.42 Å². The van der Waals surface area contributed by atoms with E-state index in [1.807, 2.05) is 24.3 Å². The molecule has 9 nitrogen and oxygen atoms in total. The highest BCUT2D eigenvalue weighted by molar-refractivity contribution is 5.94. The van der Waals surface area contributed by atoms with Gasteiger partial charge in [0.1, 0.15) is 6.61 Å². The first kappa shape index (κ1) is 22.9. The van der Waals surface area contributed by atoms with Gasteiger partial charge in [-0.3, -0.25) is 15.0 Å². The summed E-state index contributed by atoms with van der Waals surface area (Å²) >= 11 is 0. The lowest BCUT2D eigenvalue weighted by Gasteiger charge is -2.27. The van der Waals surface area contributed by atoms with Crippen LogP contribution in [0.2, 0.25) is 0 Å². The molecule has 2 aliphatic carbocycles. The number of fused-ring (bicyclic) bond motifs is 3. The van der Waals surface area contributed by atoms with Crippen molar-refractivity contribution in [3.05, 3.63) is 59.7 Å². The van der Waals surface area contributed by atoms with E-state index in [0.717, 1.165) is 40.1 Å². The maximum absolute atomic E-state index is 13.0. The Balaban J connectivity index is 1.18. The molecule has 0 spiro atoms. The molecule has 1 saturated carbocycles. The molecule has 2 fully saturated rings. The number of hydrogen-bond donors (Lipinski definition) is 3. The molecule has 2 aromatic rings. The molecule has 182 valence electrons. The van der Waals surface area contributed by atoms with E-state index in [2.05, 4.69) is 35.0 Å². The van der Waals surface area contributed by atoms with E-state index in [1.165, 1.54) is 0 Å². The van der Waals surface area contributed by atoms with Crippen molar-refractivity contribution in [2.75, 3.05) is 13.2 Å². The maximum Gasteiger partial charge on any atom is 0.407 e. The zero-order valence-electron chi connectivity index (χ0n) is 19.1. The van der Waals surface area contributed by atoms with Crippen LogP contribution in [-0.2, 0) is 19.1 Å².